The number of carbonyl (C=O) groups is 4. The van der Waals surface area contributed by atoms with Crippen LogP contribution in [0.5, 0.6) is 0 Å². The van der Waals surface area contributed by atoms with E-state index in [0.29, 0.717) is 13.1 Å². The van der Waals surface area contributed by atoms with Gasteiger partial charge < -0.3 is 34.7 Å². The zero-order chi connectivity index (χ0) is 17.7. The third-order valence-electron chi connectivity index (χ3n) is 0.167. The first-order valence-corrected chi connectivity index (χ1v) is 5.03. The fourth-order valence-electron chi connectivity index (χ4n) is 0. The number of hydrogen-bond acceptors (Lipinski definition) is 6. The summed E-state index contributed by atoms with van der Waals surface area (Å²) >= 11 is 0. The predicted molar refractivity (Wildman–Crippen MR) is 73.6 cm³/mol. The van der Waals surface area contributed by atoms with Crippen molar-refractivity contribution in [2.24, 2.45) is 11.5 Å². The second-order valence-electron chi connectivity index (χ2n) is 2.65. The van der Waals surface area contributed by atoms with Gasteiger partial charge in [0.1, 0.15) is 0 Å². The molecule has 0 aliphatic rings. The summed E-state index contributed by atoms with van der Waals surface area (Å²) in [6.45, 7) is 5.53. The van der Waals surface area contributed by atoms with Crippen LogP contribution >= 0.6 is 0 Å². The van der Waals surface area contributed by atoms with Crippen molar-refractivity contribution in [3.8, 4) is 0 Å². The predicted octanol–water partition coefficient (Wildman–Crippen LogP) is -6.50. The second kappa shape index (κ2) is 49.5. The van der Waals surface area contributed by atoms with E-state index in [4.69, 9.17) is 51.1 Å². The number of rotatable bonds is 1. The van der Waals surface area contributed by atoms with Crippen molar-refractivity contribution in [2.75, 3.05) is 13.1 Å². The minimum Gasteiger partial charge on any atom is -1.00 e. The average Bonchev–Trinajstić information content (AvgIpc) is 2.13. The molecule has 0 bridgehead atoms. The van der Waals surface area contributed by atoms with Crippen LogP contribution in [0.15, 0.2) is 0 Å². The topological polar surface area (TPSA) is 201 Å². The van der Waals surface area contributed by atoms with Crippen LogP contribution in [-0.4, -0.2) is 57.4 Å². The SMILES string of the molecule is CC(=O)O.CC(=O)O.CC(=O)O.CC(=O)O.NCCN.[H-].[H-].[Na+].[Na+].[Zn]. The maximum atomic E-state index is 9.00. The van der Waals surface area contributed by atoms with Crippen molar-refractivity contribution < 1.29 is 121 Å². The minimum absolute atomic E-state index is 0. The van der Waals surface area contributed by atoms with E-state index in [1.165, 1.54) is 0 Å². The molecule has 23 heavy (non-hydrogen) atoms. The van der Waals surface area contributed by atoms with Gasteiger partial charge in [0, 0.05) is 60.3 Å². The van der Waals surface area contributed by atoms with Gasteiger partial charge in [-0.3, -0.25) is 19.2 Å². The molecule has 0 atom stereocenters. The molecule has 0 aromatic carbocycles. The molecule has 0 aliphatic heterocycles. The number of hydrogen-bond donors (Lipinski definition) is 6. The number of aliphatic carboxylic acids is 4. The van der Waals surface area contributed by atoms with Gasteiger partial charge >= 0.3 is 59.1 Å². The molecule has 0 fully saturated rings. The van der Waals surface area contributed by atoms with Gasteiger partial charge in [-0.15, -0.1) is 0 Å². The molecule has 128 valence electrons. The van der Waals surface area contributed by atoms with Gasteiger partial charge in [-0.05, 0) is 0 Å². The molecule has 0 aromatic heterocycles. The van der Waals surface area contributed by atoms with E-state index in [2.05, 4.69) is 0 Å². The Balaban J connectivity index is -0.0000000134. The van der Waals surface area contributed by atoms with Gasteiger partial charge in [-0.1, -0.05) is 0 Å². The van der Waals surface area contributed by atoms with Crippen LogP contribution in [0.2, 0.25) is 0 Å². The maximum absolute atomic E-state index is 9.00. The summed E-state index contributed by atoms with van der Waals surface area (Å²) in [5, 5.41) is 29.7. The summed E-state index contributed by atoms with van der Waals surface area (Å²) in [5.74, 6) is -3.33. The van der Waals surface area contributed by atoms with Gasteiger partial charge in [0.2, 0.25) is 0 Å². The fourth-order valence-corrected chi connectivity index (χ4v) is 0. The molecule has 0 unspecified atom stereocenters. The van der Waals surface area contributed by atoms with E-state index in [9.17, 15) is 0 Å². The van der Waals surface area contributed by atoms with Crippen LogP contribution in [0.4, 0.5) is 0 Å². The maximum Gasteiger partial charge on any atom is 1.00 e. The standard InChI is InChI=1S/C2H8N2.4C2H4O2.2Na.Zn.2H/c3-1-2-4;4*1-2(3)4;;;;;/h1-4H2;4*1H3,(H,3,4);;;;;/q;;;;;2*+1;;2*-1. The summed E-state index contributed by atoms with van der Waals surface area (Å²) in [5.41, 5.74) is 9.81. The summed E-state index contributed by atoms with van der Waals surface area (Å²) in [6, 6.07) is 0. The third kappa shape index (κ3) is 4620. The van der Waals surface area contributed by atoms with Crippen LogP contribution in [0.1, 0.15) is 30.5 Å². The fraction of sp³-hybridized carbons (Fsp3) is 0.600. The van der Waals surface area contributed by atoms with E-state index in [1.54, 1.807) is 0 Å². The van der Waals surface area contributed by atoms with E-state index in [0.717, 1.165) is 27.7 Å². The van der Waals surface area contributed by atoms with Gasteiger partial charge in [0.25, 0.3) is 23.9 Å². The first-order chi connectivity index (χ1) is 8.84. The Morgan fingerprint density at radius 1 is 0.652 bits per heavy atom. The first kappa shape index (κ1) is 49.5. The Kier molecular flexibility index (Phi) is 106. The summed E-state index contributed by atoms with van der Waals surface area (Å²) in [6.07, 6.45) is 0. The summed E-state index contributed by atoms with van der Waals surface area (Å²) in [7, 11) is 0. The molecule has 0 spiro atoms. The summed E-state index contributed by atoms with van der Waals surface area (Å²) in [4.78, 5) is 36.0. The Morgan fingerprint density at radius 2 is 0.696 bits per heavy atom. The van der Waals surface area contributed by atoms with Crippen molar-refractivity contribution in [2.45, 2.75) is 27.7 Å². The number of carboxylic acid groups (broad SMARTS) is 4. The Labute approximate surface area is 195 Å². The van der Waals surface area contributed by atoms with Gasteiger partial charge in [-0.2, -0.15) is 0 Å². The van der Waals surface area contributed by atoms with Crippen molar-refractivity contribution in [3.63, 3.8) is 0 Å². The van der Waals surface area contributed by atoms with Gasteiger partial charge in [0.15, 0.2) is 0 Å². The first-order valence-electron chi connectivity index (χ1n) is 5.03. The van der Waals surface area contributed by atoms with Crippen LogP contribution < -0.4 is 70.6 Å². The number of carboxylic acids is 4. The molecule has 0 heterocycles. The Hall–Kier alpha value is 0.423. The van der Waals surface area contributed by atoms with Gasteiger partial charge in [0.05, 0.1) is 0 Å². The Bertz CT molecular complexity index is 215. The number of nitrogens with two attached hydrogens (primary N) is 2. The average molecular weight is 414 g/mol. The summed E-state index contributed by atoms with van der Waals surface area (Å²) < 4.78 is 0. The molecule has 0 aromatic rings. The van der Waals surface area contributed by atoms with Crippen molar-refractivity contribution in [1.29, 1.82) is 0 Å². The molecule has 13 heteroatoms. The monoisotopic (exact) mass is 412 g/mol. The van der Waals surface area contributed by atoms with E-state index in [-0.39, 0.29) is 81.4 Å². The zero-order valence-electron chi connectivity index (χ0n) is 16.7. The molecular formula is C10H26N2Na2O8Zn. The molecule has 0 rings (SSSR count). The molecule has 0 saturated carbocycles. The molecule has 0 aliphatic carbocycles. The normalized spacial score (nSPS) is 5.65. The van der Waals surface area contributed by atoms with E-state index in [1.807, 2.05) is 0 Å². The quantitative estimate of drug-likeness (QED) is 0.224. The van der Waals surface area contributed by atoms with Crippen LogP contribution in [-0.2, 0) is 38.7 Å². The molecular weight excluding hydrogens is 387 g/mol. The van der Waals surface area contributed by atoms with E-state index < -0.39 is 23.9 Å². The molecule has 0 radical (unpaired) electrons. The van der Waals surface area contributed by atoms with Crippen molar-refractivity contribution in [3.05, 3.63) is 0 Å². The molecule has 0 amide bonds. The Morgan fingerprint density at radius 3 is 0.696 bits per heavy atom. The van der Waals surface area contributed by atoms with Gasteiger partial charge in [-0.25, -0.2) is 0 Å². The molecule has 10 nitrogen and oxygen atoms in total. The molecule has 0 saturated heterocycles. The third-order valence-corrected chi connectivity index (χ3v) is 0.167. The van der Waals surface area contributed by atoms with Crippen LogP contribution in [0.25, 0.3) is 0 Å². The van der Waals surface area contributed by atoms with Crippen LogP contribution in [0, 0.1) is 0 Å². The minimum atomic E-state index is -0.833. The zero-order valence-corrected chi connectivity index (χ0v) is 21.7. The van der Waals surface area contributed by atoms with Crippen LogP contribution in [0.3, 0.4) is 0 Å². The second-order valence-corrected chi connectivity index (χ2v) is 2.65. The molecule has 8 N–H and O–H groups in total. The smallest absolute Gasteiger partial charge is 1.00 e. The van der Waals surface area contributed by atoms with Crippen molar-refractivity contribution in [1.82, 2.24) is 0 Å². The van der Waals surface area contributed by atoms with E-state index >= 15 is 0 Å². The largest absolute Gasteiger partial charge is 1.00 e. The van der Waals surface area contributed by atoms with Crippen molar-refractivity contribution >= 4 is 23.9 Å².